The smallest absolute Gasteiger partial charge is 0.124 e. The highest BCUT2D eigenvalue weighted by Crippen LogP contribution is 2.08. The predicted molar refractivity (Wildman–Crippen MR) is 36.3 cm³/mol. The third-order valence-corrected chi connectivity index (χ3v) is 1.42. The third kappa shape index (κ3) is 1.77. The molecule has 2 nitrogen and oxygen atoms in total. The third-order valence-electron chi connectivity index (χ3n) is 0.926. The van der Waals surface area contributed by atoms with Crippen molar-refractivity contribution >= 4 is 15.9 Å². The predicted octanol–water partition coefficient (Wildman–Crippen LogP) is 1.77. The van der Waals surface area contributed by atoms with Crippen LogP contribution in [0.5, 0.6) is 0 Å². The van der Waals surface area contributed by atoms with E-state index in [4.69, 9.17) is 0 Å². The van der Waals surface area contributed by atoms with Crippen molar-refractivity contribution in [2.45, 2.75) is 6.61 Å². The maximum absolute atomic E-state index is 10.2. The van der Waals surface area contributed by atoms with Crippen molar-refractivity contribution in [3.8, 4) is 0 Å². The van der Waals surface area contributed by atoms with Crippen LogP contribution in [0.25, 0.3) is 0 Å². The van der Waals surface area contributed by atoms with Gasteiger partial charge in [-0.05, 0) is 12.1 Å². The maximum Gasteiger partial charge on any atom is 0.124 e. The summed E-state index contributed by atoms with van der Waals surface area (Å²) in [7, 11) is 0. The van der Waals surface area contributed by atoms with Crippen molar-refractivity contribution in [1.82, 2.24) is 4.98 Å². The van der Waals surface area contributed by atoms with Crippen LogP contribution in [0.4, 0.5) is 0 Å². The molecule has 0 saturated heterocycles. The molecule has 0 aliphatic rings. The topological polar surface area (TPSA) is 32.8 Å². The van der Waals surface area contributed by atoms with Crippen LogP contribution in [0.2, 0.25) is 0 Å². The minimum atomic E-state index is -0.251. The van der Waals surface area contributed by atoms with E-state index in [1.165, 1.54) is 0 Å². The number of halogens is 1. The van der Waals surface area contributed by atoms with Gasteiger partial charge in [0, 0.05) is 10.7 Å². The Morgan fingerprint density at radius 2 is 2.44 bits per heavy atom. The fourth-order valence-corrected chi connectivity index (χ4v) is 0.910. The van der Waals surface area contributed by atoms with E-state index < -0.39 is 0 Å². The highest BCUT2D eigenvalue weighted by Gasteiger charge is 1.90. The van der Waals surface area contributed by atoms with Gasteiger partial charge in [0.2, 0.25) is 0 Å². The molecule has 1 radical (unpaired) electrons. The molecule has 0 N–H and O–H groups in total. The number of hydrogen-bond acceptors (Lipinski definition) is 1. The van der Waals surface area contributed by atoms with Gasteiger partial charge in [0.25, 0.3) is 0 Å². The first-order chi connectivity index (χ1) is 4.33. The summed E-state index contributed by atoms with van der Waals surface area (Å²) in [6.45, 7) is -0.251. The van der Waals surface area contributed by atoms with E-state index in [1.807, 2.05) is 0 Å². The molecule has 1 aromatic rings. The molecule has 0 saturated carbocycles. The second-order valence-corrected chi connectivity index (χ2v) is 2.53. The SMILES string of the molecule is [O]Cc1cc(Br)ccn1. The van der Waals surface area contributed by atoms with E-state index in [1.54, 1.807) is 18.3 Å². The molecule has 0 unspecified atom stereocenters. The lowest BCUT2D eigenvalue weighted by Crippen LogP contribution is -1.84. The Bertz CT molecular complexity index is 202. The fraction of sp³-hybridized carbons (Fsp3) is 0.167. The minimum Gasteiger partial charge on any atom is -0.259 e. The Labute approximate surface area is 61.7 Å². The van der Waals surface area contributed by atoms with Crippen molar-refractivity contribution in [2.24, 2.45) is 0 Å². The average Bonchev–Trinajstić information content (AvgIpc) is 1.88. The highest BCUT2D eigenvalue weighted by molar-refractivity contribution is 9.10. The number of rotatable bonds is 1. The van der Waals surface area contributed by atoms with Gasteiger partial charge < -0.3 is 0 Å². The van der Waals surface area contributed by atoms with Crippen LogP contribution < -0.4 is 0 Å². The number of hydrogen-bond donors (Lipinski definition) is 0. The standard InChI is InChI=1S/C6H5BrNO/c7-5-1-2-8-6(3-5)4-9/h1-3H,4H2. The first-order valence-corrected chi connectivity index (χ1v) is 3.31. The number of nitrogens with zero attached hydrogens (tertiary/aromatic N) is 1. The minimum absolute atomic E-state index is 0.251. The molecule has 3 heteroatoms. The van der Waals surface area contributed by atoms with E-state index in [9.17, 15) is 5.11 Å². The Balaban J connectivity index is 2.94. The van der Waals surface area contributed by atoms with Gasteiger partial charge in [-0.1, -0.05) is 15.9 Å². The summed E-state index contributed by atoms with van der Waals surface area (Å²) in [5.41, 5.74) is 0.573. The van der Waals surface area contributed by atoms with Crippen LogP contribution in [-0.2, 0) is 11.7 Å². The number of pyridine rings is 1. The zero-order valence-electron chi connectivity index (χ0n) is 4.67. The number of aromatic nitrogens is 1. The molecule has 0 amide bonds. The van der Waals surface area contributed by atoms with Crippen molar-refractivity contribution in [2.75, 3.05) is 0 Å². The van der Waals surface area contributed by atoms with Crippen molar-refractivity contribution in [1.29, 1.82) is 0 Å². The Morgan fingerprint density at radius 1 is 1.67 bits per heavy atom. The summed E-state index contributed by atoms with van der Waals surface area (Å²) in [5.74, 6) is 0. The molecule has 0 bridgehead atoms. The van der Waals surface area contributed by atoms with Crippen molar-refractivity contribution in [3.63, 3.8) is 0 Å². The molecule has 1 heterocycles. The van der Waals surface area contributed by atoms with Gasteiger partial charge in [-0.25, -0.2) is 5.11 Å². The van der Waals surface area contributed by atoms with E-state index in [-0.39, 0.29) is 6.61 Å². The molecule has 0 atom stereocenters. The molecular formula is C6H5BrNO. The summed E-state index contributed by atoms with van der Waals surface area (Å²) < 4.78 is 0.906. The van der Waals surface area contributed by atoms with Gasteiger partial charge in [0.15, 0.2) is 0 Å². The molecule has 0 fully saturated rings. The molecule has 1 aromatic heterocycles. The van der Waals surface area contributed by atoms with Gasteiger partial charge in [-0.3, -0.25) is 4.98 Å². The summed E-state index contributed by atoms with van der Waals surface area (Å²) in [6, 6.07) is 3.51. The van der Waals surface area contributed by atoms with Gasteiger partial charge in [0.1, 0.15) is 6.61 Å². The first kappa shape index (κ1) is 6.71. The molecular weight excluding hydrogens is 182 g/mol. The van der Waals surface area contributed by atoms with E-state index in [0.717, 1.165) is 4.47 Å². The fourth-order valence-electron chi connectivity index (χ4n) is 0.528. The van der Waals surface area contributed by atoms with Crippen LogP contribution in [-0.4, -0.2) is 4.98 Å². The van der Waals surface area contributed by atoms with Gasteiger partial charge >= 0.3 is 0 Å². The molecule has 0 spiro atoms. The Morgan fingerprint density at radius 3 is 2.89 bits per heavy atom. The maximum atomic E-state index is 10.2. The summed E-state index contributed by atoms with van der Waals surface area (Å²) in [6.07, 6.45) is 1.61. The zero-order valence-corrected chi connectivity index (χ0v) is 6.26. The lowest BCUT2D eigenvalue weighted by Gasteiger charge is -1.91. The summed E-state index contributed by atoms with van der Waals surface area (Å²) in [4.78, 5) is 3.82. The molecule has 47 valence electrons. The Hall–Kier alpha value is -0.410. The van der Waals surface area contributed by atoms with Crippen LogP contribution >= 0.6 is 15.9 Å². The van der Waals surface area contributed by atoms with Crippen LogP contribution in [0.3, 0.4) is 0 Å². The second kappa shape index (κ2) is 2.94. The Kier molecular flexibility index (Phi) is 2.19. The first-order valence-electron chi connectivity index (χ1n) is 2.51. The quantitative estimate of drug-likeness (QED) is 0.659. The zero-order chi connectivity index (χ0) is 6.69. The molecule has 0 aliphatic heterocycles. The lowest BCUT2D eigenvalue weighted by atomic mass is 10.4. The van der Waals surface area contributed by atoms with Crippen LogP contribution in [0.1, 0.15) is 5.69 Å². The van der Waals surface area contributed by atoms with Crippen molar-refractivity contribution in [3.05, 3.63) is 28.5 Å². The van der Waals surface area contributed by atoms with Crippen molar-refractivity contribution < 1.29 is 5.11 Å². The van der Waals surface area contributed by atoms with Crippen LogP contribution in [0, 0.1) is 0 Å². The largest absolute Gasteiger partial charge is 0.259 e. The molecule has 9 heavy (non-hydrogen) atoms. The lowest BCUT2D eigenvalue weighted by molar-refractivity contribution is 0.174. The van der Waals surface area contributed by atoms with E-state index in [0.29, 0.717) is 5.69 Å². The molecule has 0 aromatic carbocycles. The van der Waals surface area contributed by atoms with Gasteiger partial charge in [0.05, 0.1) is 5.69 Å². The summed E-state index contributed by atoms with van der Waals surface area (Å²) in [5, 5.41) is 10.2. The average molecular weight is 187 g/mol. The van der Waals surface area contributed by atoms with Crippen LogP contribution in [0.15, 0.2) is 22.8 Å². The molecule has 0 aliphatic carbocycles. The molecule has 1 rings (SSSR count). The monoisotopic (exact) mass is 186 g/mol. The second-order valence-electron chi connectivity index (χ2n) is 1.61. The normalized spacial score (nSPS) is 9.56. The summed E-state index contributed by atoms with van der Waals surface area (Å²) >= 11 is 3.22. The highest BCUT2D eigenvalue weighted by atomic mass is 79.9. The van der Waals surface area contributed by atoms with Gasteiger partial charge in [-0.15, -0.1) is 0 Å². The van der Waals surface area contributed by atoms with E-state index >= 15 is 0 Å². The van der Waals surface area contributed by atoms with Gasteiger partial charge in [-0.2, -0.15) is 0 Å². The van der Waals surface area contributed by atoms with E-state index in [2.05, 4.69) is 20.9 Å².